The fourth-order valence-corrected chi connectivity index (χ4v) is 1.12. The minimum atomic E-state index is 0.451. The Balaban J connectivity index is 2.60. The minimum absolute atomic E-state index is 0.451. The van der Waals surface area contributed by atoms with E-state index in [1.54, 1.807) is 6.08 Å². The van der Waals surface area contributed by atoms with Crippen molar-refractivity contribution >= 4 is 15.9 Å². The van der Waals surface area contributed by atoms with Crippen LogP contribution in [0.4, 0.5) is 0 Å². The van der Waals surface area contributed by atoms with Crippen molar-refractivity contribution in [1.82, 2.24) is 0 Å². The van der Waals surface area contributed by atoms with E-state index in [2.05, 4.69) is 40.7 Å². The van der Waals surface area contributed by atoms with Crippen LogP contribution in [-0.4, -0.2) is 0 Å². The van der Waals surface area contributed by atoms with Gasteiger partial charge in [0.25, 0.3) is 0 Å². The summed E-state index contributed by atoms with van der Waals surface area (Å²) >= 11 is 3.36. The van der Waals surface area contributed by atoms with Crippen molar-refractivity contribution in [1.29, 1.82) is 0 Å². The van der Waals surface area contributed by atoms with Gasteiger partial charge < -0.3 is 0 Å². The molecule has 0 aromatic rings. The number of allylic oxidation sites excluding steroid dienone is 7. The quantitative estimate of drug-likeness (QED) is 0.596. The lowest BCUT2D eigenvalue weighted by atomic mass is 10.1. The molecule has 0 atom stereocenters. The highest BCUT2D eigenvalue weighted by Crippen LogP contribution is 2.16. The summed E-state index contributed by atoms with van der Waals surface area (Å²) in [5.41, 5.74) is 0. The van der Waals surface area contributed by atoms with Crippen LogP contribution in [0.1, 0.15) is 0 Å². The molecule has 0 aromatic heterocycles. The van der Waals surface area contributed by atoms with Gasteiger partial charge in [0.2, 0.25) is 0 Å². The largest absolute Gasteiger partial charge is 0.0980 e. The molecule has 0 fully saturated rings. The molecule has 0 saturated carbocycles. The van der Waals surface area contributed by atoms with Crippen LogP contribution in [0, 0.1) is 5.92 Å². The Kier molecular flexibility index (Phi) is 2.69. The summed E-state index contributed by atoms with van der Waals surface area (Å²) in [6, 6.07) is 0. The fourth-order valence-electron chi connectivity index (χ4n) is 0.812. The molecule has 0 heterocycles. The van der Waals surface area contributed by atoms with Crippen LogP contribution in [0.2, 0.25) is 0 Å². The van der Waals surface area contributed by atoms with Gasteiger partial charge in [0.1, 0.15) is 0 Å². The molecule has 0 amide bonds. The van der Waals surface area contributed by atoms with Crippen LogP contribution in [0.5, 0.6) is 0 Å². The second-order valence-electron chi connectivity index (χ2n) is 2.10. The average Bonchev–Trinajstić information content (AvgIpc) is 2.40. The first kappa shape index (κ1) is 7.55. The topological polar surface area (TPSA) is 0 Å². The summed E-state index contributed by atoms with van der Waals surface area (Å²) in [4.78, 5) is 0. The summed E-state index contributed by atoms with van der Waals surface area (Å²) in [5.74, 6) is 0.451. The third kappa shape index (κ3) is 1.99. The number of halogens is 1. The van der Waals surface area contributed by atoms with Gasteiger partial charge >= 0.3 is 0 Å². The highest BCUT2D eigenvalue weighted by Gasteiger charge is 1.98. The second kappa shape index (κ2) is 3.57. The van der Waals surface area contributed by atoms with E-state index in [0.29, 0.717) is 5.92 Å². The Morgan fingerprint density at radius 2 is 2.00 bits per heavy atom. The molecule has 0 nitrogen and oxygen atoms in total. The van der Waals surface area contributed by atoms with Crippen LogP contribution in [0.25, 0.3) is 0 Å². The molecule has 1 aliphatic carbocycles. The van der Waals surface area contributed by atoms with Gasteiger partial charge in [-0.25, -0.2) is 0 Å². The second-order valence-corrected chi connectivity index (χ2v) is 3.02. The summed E-state index contributed by atoms with van der Waals surface area (Å²) in [6.07, 6.45) is 12.2. The van der Waals surface area contributed by atoms with E-state index in [4.69, 9.17) is 0 Å². The Morgan fingerprint density at radius 1 is 1.40 bits per heavy atom. The lowest BCUT2D eigenvalue weighted by Gasteiger charge is -1.95. The van der Waals surface area contributed by atoms with Gasteiger partial charge in [0, 0.05) is 10.4 Å². The van der Waals surface area contributed by atoms with E-state index >= 15 is 0 Å². The van der Waals surface area contributed by atoms with Crippen molar-refractivity contribution in [2.24, 2.45) is 5.92 Å². The first-order valence-electron chi connectivity index (χ1n) is 3.17. The Labute approximate surface area is 69.8 Å². The summed E-state index contributed by atoms with van der Waals surface area (Å²) in [6.45, 7) is 3.64. The molecule has 0 N–H and O–H groups in total. The van der Waals surface area contributed by atoms with Gasteiger partial charge in [-0.3, -0.25) is 0 Å². The highest BCUT2D eigenvalue weighted by atomic mass is 79.9. The predicted molar refractivity (Wildman–Crippen MR) is 49.0 cm³/mol. The van der Waals surface area contributed by atoms with Crippen molar-refractivity contribution < 1.29 is 0 Å². The molecular formula is C9H9Br. The first-order chi connectivity index (χ1) is 4.83. The lowest BCUT2D eigenvalue weighted by molar-refractivity contribution is 1.09. The monoisotopic (exact) mass is 196 g/mol. The maximum Gasteiger partial charge on any atom is 0.0147 e. The molecule has 0 unspecified atom stereocenters. The zero-order chi connectivity index (χ0) is 7.40. The fraction of sp³-hybridized carbons (Fsp3) is 0.111. The molecule has 0 saturated heterocycles. The molecular weight excluding hydrogens is 188 g/mol. The minimum Gasteiger partial charge on any atom is -0.0980 e. The van der Waals surface area contributed by atoms with Crippen molar-refractivity contribution in [2.75, 3.05) is 0 Å². The third-order valence-electron chi connectivity index (χ3n) is 1.32. The highest BCUT2D eigenvalue weighted by molar-refractivity contribution is 9.11. The van der Waals surface area contributed by atoms with Gasteiger partial charge in [-0.05, 0) is 0 Å². The smallest absolute Gasteiger partial charge is 0.0147 e. The molecule has 1 heteroatoms. The van der Waals surface area contributed by atoms with Gasteiger partial charge in [0.05, 0.1) is 0 Å². The van der Waals surface area contributed by atoms with E-state index in [-0.39, 0.29) is 0 Å². The van der Waals surface area contributed by atoms with E-state index in [1.165, 1.54) is 0 Å². The zero-order valence-electron chi connectivity index (χ0n) is 5.63. The van der Waals surface area contributed by atoms with Crippen molar-refractivity contribution in [3.05, 3.63) is 47.5 Å². The molecule has 1 aliphatic rings. The normalized spacial score (nSPS) is 18.3. The number of hydrogen-bond donors (Lipinski definition) is 0. The van der Waals surface area contributed by atoms with Crippen molar-refractivity contribution in [2.45, 2.75) is 0 Å². The summed E-state index contributed by atoms with van der Waals surface area (Å²) < 4.78 is 1.05. The molecule has 1 rings (SSSR count). The summed E-state index contributed by atoms with van der Waals surface area (Å²) in [7, 11) is 0. The molecule has 0 bridgehead atoms. The molecule has 0 radical (unpaired) electrons. The van der Waals surface area contributed by atoms with Crippen LogP contribution in [-0.2, 0) is 0 Å². The molecule has 10 heavy (non-hydrogen) atoms. The standard InChI is InChI=1S/C9H9Br/c1-2-9(10)7-8-5-3-4-6-8/h2-8H,1H2/b9-7-. The Hall–Kier alpha value is -0.560. The van der Waals surface area contributed by atoms with Gasteiger partial charge in [-0.1, -0.05) is 59.0 Å². The van der Waals surface area contributed by atoms with Gasteiger partial charge in [0.15, 0.2) is 0 Å². The molecule has 0 aliphatic heterocycles. The Morgan fingerprint density at radius 3 is 2.50 bits per heavy atom. The van der Waals surface area contributed by atoms with E-state index in [1.807, 2.05) is 12.2 Å². The van der Waals surface area contributed by atoms with Crippen LogP contribution >= 0.6 is 15.9 Å². The lowest BCUT2D eigenvalue weighted by Crippen LogP contribution is -1.80. The van der Waals surface area contributed by atoms with E-state index in [9.17, 15) is 0 Å². The van der Waals surface area contributed by atoms with Crippen LogP contribution in [0.15, 0.2) is 47.5 Å². The average molecular weight is 197 g/mol. The van der Waals surface area contributed by atoms with Gasteiger partial charge in [-0.2, -0.15) is 0 Å². The number of rotatable bonds is 2. The van der Waals surface area contributed by atoms with Crippen molar-refractivity contribution in [3.8, 4) is 0 Å². The van der Waals surface area contributed by atoms with E-state index in [0.717, 1.165) is 4.48 Å². The molecule has 0 spiro atoms. The SMILES string of the molecule is C=C/C(Br)=C/C1C=CC=C1. The molecule has 0 aromatic carbocycles. The first-order valence-corrected chi connectivity index (χ1v) is 3.97. The number of hydrogen-bond acceptors (Lipinski definition) is 0. The molecule has 52 valence electrons. The Bertz CT molecular complexity index is 197. The zero-order valence-corrected chi connectivity index (χ0v) is 7.21. The predicted octanol–water partition coefficient (Wildman–Crippen LogP) is 3.19. The van der Waals surface area contributed by atoms with E-state index < -0.39 is 0 Å². The van der Waals surface area contributed by atoms with Crippen LogP contribution < -0.4 is 0 Å². The summed E-state index contributed by atoms with van der Waals surface area (Å²) in [5, 5.41) is 0. The van der Waals surface area contributed by atoms with Crippen molar-refractivity contribution in [3.63, 3.8) is 0 Å². The van der Waals surface area contributed by atoms with Crippen LogP contribution in [0.3, 0.4) is 0 Å². The third-order valence-corrected chi connectivity index (χ3v) is 1.91. The van der Waals surface area contributed by atoms with Gasteiger partial charge in [-0.15, -0.1) is 0 Å². The maximum absolute atomic E-state index is 3.64. The maximum atomic E-state index is 3.64.